The zero-order chi connectivity index (χ0) is 30.7. The summed E-state index contributed by atoms with van der Waals surface area (Å²) >= 11 is 0. The third-order valence-corrected chi connectivity index (χ3v) is 7.48. The molecule has 6 rings (SSSR count). The lowest BCUT2D eigenvalue weighted by Crippen LogP contribution is -2.31. The molecule has 0 unspecified atom stereocenters. The minimum Gasteiger partial charge on any atom is -0.490 e. The third-order valence-electron chi connectivity index (χ3n) is 7.48. The van der Waals surface area contributed by atoms with Crippen molar-refractivity contribution in [2.24, 2.45) is 0 Å². The monoisotopic (exact) mass is 610 g/mol. The van der Waals surface area contributed by atoms with Crippen LogP contribution in [0.1, 0.15) is 28.7 Å². The Morgan fingerprint density at radius 1 is 0.932 bits per heavy atom. The largest absolute Gasteiger partial charge is 0.573 e. The molecular formula is C31H29F3N4O6. The van der Waals surface area contributed by atoms with Gasteiger partial charge in [0.05, 0.1) is 0 Å². The van der Waals surface area contributed by atoms with Crippen molar-refractivity contribution < 1.29 is 37.0 Å². The Hall–Kier alpha value is -4.78. The lowest BCUT2D eigenvalue weighted by Gasteiger charge is -2.29. The molecule has 10 nitrogen and oxygen atoms in total. The molecule has 0 aliphatic carbocycles. The van der Waals surface area contributed by atoms with Gasteiger partial charge in [-0.25, -0.2) is 0 Å². The lowest BCUT2D eigenvalue weighted by atomic mass is 9.99. The molecule has 2 aliphatic rings. The van der Waals surface area contributed by atoms with Crippen molar-refractivity contribution in [2.75, 3.05) is 13.2 Å². The molecule has 0 spiro atoms. The summed E-state index contributed by atoms with van der Waals surface area (Å²) in [7, 11) is 0. The summed E-state index contributed by atoms with van der Waals surface area (Å²) in [6, 6.07) is 19.8. The maximum absolute atomic E-state index is 12.3. The van der Waals surface area contributed by atoms with E-state index in [0.29, 0.717) is 25.3 Å². The number of nitro groups is 1. The van der Waals surface area contributed by atoms with Crippen molar-refractivity contribution in [3.05, 3.63) is 105 Å². The molecule has 1 aromatic heterocycles. The van der Waals surface area contributed by atoms with Crippen LogP contribution >= 0.6 is 0 Å². The van der Waals surface area contributed by atoms with Crippen LogP contribution in [-0.4, -0.2) is 45.0 Å². The van der Waals surface area contributed by atoms with Crippen molar-refractivity contribution >= 4 is 5.82 Å². The van der Waals surface area contributed by atoms with Gasteiger partial charge in [-0.2, -0.15) is 0 Å². The van der Waals surface area contributed by atoms with E-state index in [1.54, 1.807) is 4.57 Å². The minimum absolute atomic E-state index is 0.222. The van der Waals surface area contributed by atoms with E-state index in [1.165, 1.54) is 41.6 Å². The van der Waals surface area contributed by atoms with Crippen LogP contribution in [0.2, 0.25) is 0 Å². The number of hydrogen-bond donors (Lipinski definition) is 0. The average molecular weight is 611 g/mol. The van der Waals surface area contributed by atoms with Crippen LogP contribution < -0.4 is 18.9 Å². The van der Waals surface area contributed by atoms with Gasteiger partial charge < -0.3 is 29.1 Å². The van der Waals surface area contributed by atoms with E-state index >= 15 is 0 Å². The van der Waals surface area contributed by atoms with Gasteiger partial charge in [0.25, 0.3) is 0 Å². The van der Waals surface area contributed by atoms with Crippen LogP contribution in [0.15, 0.2) is 72.9 Å². The van der Waals surface area contributed by atoms with E-state index in [1.807, 2.05) is 30.3 Å². The van der Waals surface area contributed by atoms with Crippen LogP contribution in [-0.2, 0) is 32.7 Å². The van der Waals surface area contributed by atoms with Crippen LogP contribution in [0, 0.1) is 10.1 Å². The molecule has 4 aromatic rings. The van der Waals surface area contributed by atoms with Gasteiger partial charge in [-0.3, -0.25) is 9.47 Å². The molecule has 13 heteroatoms. The molecule has 0 saturated carbocycles. The van der Waals surface area contributed by atoms with Gasteiger partial charge in [-0.05, 0) is 70.0 Å². The number of hydrogen-bond acceptors (Lipinski definition) is 8. The highest BCUT2D eigenvalue weighted by atomic mass is 19.4. The summed E-state index contributed by atoms with van der Waals surface area (Å²) in [4.78, 5) is 16.7. The Morgan fingerprint density at radius 3 is 2.41 bits per heavy atom. The topological polar surface area (TPSA) is 101 Å². The maximum Gasteiger partial charge on any atom is 0.573 e. The van der Waals surface area contributed by atoms with Crippen molar-refractivity contribution in [1.82, 2.24) is 14.5 Å². The number of aromatic nitrogens is 2. The van der Waals surface area contributed by atoms with Gasteiger partial charge in [-0.1, -0.05) is 30.3 Å². The van der Waals surface area contributed by atoms with Crippen molar-refractivity contribution in [2.45, 2.75) is 51.5 Å². The number of ether oxygens (including phenoxy) is 4. The Balaban J connectivity index is 0.957. The molecular weight excluding hydrogens is 581 g/mol. The molecule has 0 fully saturated rings. The molecule has 2 aliphatic heterocycles. The molecule has 3 heterocycles. The number of rotatable bonds is 10. The van der Waals surface area contributed by atoms with Crippen LogP contribution in [0.3, 0.4) is 0 Å². The predicted octanol–water partition coefficient (Wildman–Crippen LogP) is 6.06. The first kappa shape index (κ1) is 29.3. The summed E-state index contributed by atoms with van der Waals surface area (Å²) in [5, 5.41) is 11.0. The first-order valence-corrected chi connectivity index (χ1v) is 14.1. The highest BCUT2D eigenvalue weighted by Gasteiger charge is 2.31. The van der Waals surface area contributed by atoms with Crippen LogP contribution in [0.4, 0.5) is 19.0 Å². The highest BCUT2D eigenvalue weighted by Crippen LogP contribution is 2.28. The van der Waals surface area contributed by atoms with Crippen molar-refractivity contribution in [3.8, 4) is 23.3 Å². The minimum atomic E-state index is -4.72. The molecule has 1 atom stereocenters. The second-order valence-corrected chi connectivity index (χ2v) is 10.7. The normalized spacial score (nSPS) is 16.4. The molecule has 0 bridgehead atoms. The number of benzene rings is 3. The number of fused-ring (bicyclic) bond motifs is 2. The fourth-order valence-electron chi connectivity index (χ4n) is 5.24. The Bertz CT molecular complexity index is 1610. The van der Waals surface area contributed by atoms with E-state index in [9.17, 15) is 23.3 Å². The summed E-state index contributed by atoms with van der Waals surface area (Å²) in [6.45, 7) is 3.64. The second-order valence-electron chi connectivity index (χ2n) is 10.7. The molecule has 0 N–H and O–H groups in total. The lowest BCUT2D eigenvalue weighted by molar-refractivity contribution is -0.389. The predicted molar refractivity (Wildman–Crippen MR) is 152 cm³/mol. The first-order valence-electron chi connectivity index (χ1n) is 14.1. The SMILES string of the molecule is O=[N+]([O-])c1cn2c(n1)O[C@@H](COc1ccc3c(c1)CCN(Cc1ccc(OCc4ccc(OC(F)(F)F)cc4)cc1)C3)CC2. The smallest absolute Gasteiger partial charge is 0.490 e. The van der Waals surface area contributed by atoms with Gasteiger partial charge in [0, 0.05) is 37.6 Å². The van der Waals surface area contributed by atoms with Crippen LogP contribution in [0.5, 0.6) is 23.3 Å². The van der Waals surface area contributed by atoms with E-state index in [2.05, 4.69) is 26.8 Å². The average Bonchev–Trinajstić information content (AvgIpc) is 3.44. The highest BCUT2D eigenvalue weighted by molar-refractivity contribution is 5.37. The fraction of sp³-hybridized carbons (Fsp3) is 0.323. The van der Waals surface area contributed by atoms with Crippen LogP contribution in [0.25, 0.3) is 0 Å². The maximum atomic E-state index is 12.3. The van der Waals surface area contributed by atoms with Gasteiger partial charge in [-0.15, -0.1) is 13.2 Å². The molecule has 230 valence electrons. The summed E-state index contributed by atoms with van der Waals surface area (Å²) in [5.74, 6) is 0.949. The number of imidazole rings is 1. The third kappa shape index (κ3) is 7.40. The Labute approximate surface area is 250 Å². The van der Waals surface area contributed by atoms with Gasteiger partial charge in [0.2, 0.25) is 0 Å². The van der Waals surface area contributed by atoms with Crippen molar-refractivity contribution in [3.63, 3.8) is 0 Å². The number of alkyl halides is 3. The van der Waals surface area contributed by atoms with Gasteiger partial charge in [0.15, 0.2) is 0 Å². The summed E-state index contributed by atoms with van der Waals surface area (Å²) < 4.78 is 60.1. The van der Waals surface area contributed by atoms with E-state index in [-0.39, 0.29) is 30.3 Å². The standard InChI is InChI=1S/C31H29F3N4O6/c32-31(33,34)44-26-8-3-22(4-9-26)19-41-25-6-1-21(2-7-25)16-36-13-11-23-15-27(10-5-24(23)17-36)42-20-28-12-14-37-18-29(38(39)40)35-30(37)43-28/h1-10,15,18,28H,11-14,16-17,19-20H2/t28-/m1/s1. The number of nitrogens with zero attached hydrogens (tertiary/aromatic N) is 4. The zero-order valence-corrected chi connectivity index (χ0v) is 23.5. The molecule has 3 aromatic carbocycles. The second kappa shape index (κ2) is 12.4. The summed E-state index contributed by atoms with van der Waals surface area (Å²) in [5.41, 5.74) is 4.37. The fourth-order valence-corrected chi connectivity index (χ4v) is 5.24. The molecule has 0 amide bonds. The Morgan fingerprint density at radius 2 is 1.66 bits per heavy atom. The van der Waals surface area contributed by atoms with Gasteiger partial charge >= 0.3 is 18.2 Å². The number of aryl methyl sites for hydroxylation is 1. The quantitative estimate of drug-likeness (QED) is 0.158. The van der Waals surface area contributed by atoms with E-state index in [0.717, 1.165) is 42.9 Å². The zero-order valence-electron chi connectivity index (χ0n) is 23.5. The van der Waals surface area contributed by atoms with E-state index in [4.69, 9.17) is 14.2 Å². The first-order chi connectivity index (χ1) is 21.2. The Kier molecular flexibility index (Phi) is 8.29. The van der Waals surface area contributed by atoms with Crippen molar-refractivity contribution in [1.29, 1.82) is 0 Å². The molecule has 0 radical (unpaired) electrons. The summed E-state index contributed by atoms with van der Waals surface area (Å²) in [6.07, 6.45) is -2.00. The van der Waals surface area contributed by atoms with E-state index < -0.39 is 11.3 Å². The number of halogens is 3. The molecule has 44 heavy (non-hydrogen) atoms. The van der Waals surface area contributed by atoms with Gasteiger partial charge in [0.1, 0.15) is 42.8 Å². The molecule has 0 saturated heterocycles.